The van der Waals surface area contributed by atoms with Gasteiger partial charge in [0.1, 0.15) is 5.57 Å². The predicted octanol–water partition coefficient (Wildman–Crippen LogP) is -0.535. The molecule has 0 saturated carbocycles. The third-order valence-corrected chi connectivity index (χ3v) is 1.23. The largest absolute Gasteiger partial charge is 0.328 e. The van der Waals surface area contributed by atoms with Gasteiger partial charge in [-0.2, -0.15) is 0 Å². The number of nitrogens with one attached hydrogen (secondary N) is 2. The molecule has 0 unspecified atom stereocenters. The Balaban J connectivity index is 2.95. The van der Waals surface area contributed by atoms with Gasteiger partial charge in [0.2, 0.25) is 0 Å². The van der Waals surface area contributed by atoms with Gasteiger partial charge in [0.05, 0.1) is 0 Å². The van der Waals surface area contributed by atoms with Crippen LogP contribution in [-0.2, 0) is 9.59 Å². The lowest BCUT2D eigenvalue weighted by Gasteiger charge is -2.12. The van der Waals surface area contributed by atoms with Crippen molar-refractivity contribution in [2.45, 2.75) is 0 Å². The first-order valence-corrected chi connectivity index (χ1v) is 3.14. The lowest BCUT2D eigenvalue weighted by molar-refractivity contribution is -0.124. The van der Waals surface area contributed by atoms with Gasteiger partial charge < -0.3 is 0 Å². The summed E-state index contributed by atoms with van der Waals surface area (Å²) in [6, 6.07) is -0.800. The molecule has 0 aromatic carbocycles. The molecule has 0 radical (unpaired) electrons. The van der Waals surface area contributed by atoms with Crippen molar-refractivity contribution < 1.29 is 14.4 Å². The number of hydrogen-bond acceptors (Lipinski definition) is 3. The molecule has 1 rings (SSSR count). The summed E-state index contributed by atoms with van der Waals surface area (Å²) < 4.78 is 0. The fourth-order valence-corrected chi connectivity index (χ4v) is 0.744. The van der Waals surface area contributed by atoms with Crippen molar-refractivity contribution in [3.63, 3.8) is 0 Å². The summed E-state index contributed by atoms with van der Waals surface area (Å²) in [4.78, 5) is 32.3. The maximum Gasteiger partial charge on any atom is 0.328 e. The summed E-state index contributed by atoms with van der Waals surface area (Å²) in [5, 5.41) is 3.84. The van der Waals surface area contributed by atoms with Crippen LogP contribution in [0.15, 0.2) is 24.3 Å². The average Bonchev–Trinajstić information content (AvgIpc) is 1.96. The number of amides is 4. The molecule has 0 aromatic rings. The van der Waals surface area contributed by atoms with Crippen molar-refractivity contribution in [2.24, 2.45) is 0 Å². The second kappa shape index (κ2) is 3.00. The Morgan fingerprint density at radius 1 is 1.08 bits per heavy atom. The first-order chi connectivity index (χ1) is 5.65. The van der Waals surface area contributed by atoms with Crippen LogP contribution in [-0.4, -0.2) is 17.8 Å². The van der Waals surface area contributed by atoms with Crippen LogP contribution in [0.3, 0.4) is 0 Å². The smallest absolute Gasteiger partial charge is 0.273 e. The number of rotatable bonds is 1. The predicted molar refractivity (Wildman–Crippen MR) is 40.0 cm³/mol. The van der Waals surface area contributed by atoms with Gasteiger partial charge in [0, 0.05) is 0 Å². The highest BCUT2D eigenvalue weighted by Gasteiger charge is 2.26. The minimum Gasteiger partial charge on any atom is -0.273 e. The van der Waals surface area contributed by atoms with Crippen LogP contribution in [0.5, 0.6) is 0 Å². The zero-order chi connectivity index (χ0) is 9.14. The van der Waals surface area contributed by atoms with Crippen LogP contribution in [0.25, 0.3) is 0 Å². The molecule has 0 atom stereocenters. The van der Waals surface area contributed by atoms with Crippen molar-refractivity contribution in [1.29, 1.82) is 0 Å². The van der Waals surface area contributed by atoms with E-state index in [1.807, 2.05) is 10.6 Å². The van der Waals surface area contributed by atoms with E-state index in [1.54, 1.807) is 0 Å². The van der Waals surface area contributed by atoms with Gasteiger partial charge in [0.15, 0.2) is 0 Å². The first-order valence-electron chi connectivity index (χ1n) is 3.14. The van der Waals surface area contributed by atoms with Gasteiger partial charge in [-0.3, -0.25) is 20.2 Å². The molecule has 0 aliphatic carbocycles. The average molecular weight is 166 g/mol. The van der Waals surface area contributed by atoms with Crippen molar-refractivity contribution in [1.82, 2.24) is 10.6 Å². The summed E-state index contributed by atoms with van der Waals surface area (Å²) in [6.07, 6.45) is 2.53. The molecule has 0 bridgehead atoms. The van der Waals surface area contributed by atoms with Crippen molar-refractivity contribution >= 4 is 17.8 Å². The number of barbiturate groups is 1. The van der Waals surface area contributed by atoms with Crippen LogP contribution in [0.1, 0.15) is 0 Å². The van der Waals surface area contributed by atoms with E-state index in [0.29, 0.717) is 0 Å². The van der Waals surface area contributed by atoms with E-state index in [-0.39, 0.29) is 5.57 Å². The Hall–Kier alpha value is -1.91. The lowest BCUT2D eigenvalue weighted by Crippen LogP contribution is -2.51. The van der Waals surface area contributed by atoms with E-state index in [4.69, 9.17) is 0 Å². The molecule has 2 N–H and O–H groups in total. The van der Waals surface area contributed by atoms with Crippen LogP contribution in [0.2, 0.25) is 0 Å². The monoisotopic (exact) mass is 166 g/mol. The Morgan fingerprint density at radius 3 is 2.00 bits per heavy atom. The maximum atomic E-state index is 10.9. The van der Waals surface area contributed by atoms with Crippen molar-refractivity contribution in [3.8, 4) is 0 Å². The van der Waals surface area contributed by atoms with E-state index in [9.17, 15) is 14.4 Å². The quantitative estimate of drug-likeness (QED) is 0.406. The molecule has 12 heavy (non-hydrogen) atoms. The van der Waals surface area contributed by atoms with E-state index < -0.39 is 17.8 Å². The van der Waals surface area contributed by atoms with Gasteiger partial charge in [-0.1, -0.05) is 12.7 Å². The number of allylic oxidation sites excluding steroid dienone is 2. The number of hydrogen-bond donors (Lipinski definition) is 2. The summed E-state index contributed by atoms with van der Waals surface area (Å²) in [7, 11) is 0. The Bertz CT molecular complexity index is 282. The molecule has 5 nitrogen and oxygen atoms in total. The minimum atomic E-state index is -0.800. The molecule has 5 heteroatoms. The maximum absolute atomic E-state index is 10.9. The number of imide groups is 2. The Kier molecular flexibility index (Phi) is 2.05. The molecule has 1 aliphatic rings. The molecular weight excluding hydrogens is 160 g/mol. The van der Waals surface area contributed by atoms with E-state index >= 15 is 0 Å². The van der Waals surface area contributed by atoms with Gasteiger partial charge in [-0.25, -0.2) is 4.79 Å². The van der Waals surface area contributed by atoms with Crippen molar-refractivity contribution in [3.05, 3.63) is 24.3 Å². The summed E-state index contributed by atoms with van der Waals surface area (Å²) in [5.41, 5.74) is -0.121. The minimum absolute atomic E-state index is 0.121. The summed E-state index contributed by atoms with van der Waals surface area (Å²) >= 11 is 0. The SMILES string of the molecule is C=CC=C1C(=O)NC(=O)NC1=O. The molecule has 0 aromatic heterocycles. The number of urea groups is 1. The topological polar surface area (TPSA) is 75.3 Å². The third kappa shape index (κ3) is 1.39. The molecule has 0 spiro atoms. The molecule has 1 heterocycles. The van der Waals surface area contributed by atoms with Gasteiger partial charge in [-0.05, 0) is 6.08 Å². The second-order valence-electron chi connectivity index (χ2n) is 2.05. The standard InChI is InChI=1S/C7H6N2O3/c1-2-3-4-5(10)8-7(12)9-6(4)11/h2-3H,1H2,(H2,8,9,10,11,12). The summed E-state index contributed by atoms with van der Waals surface area (Å²) in [5.74, 6) is -1.41. The fourth-order valence-electron chi connectivity index (χ4n) is 0.744. The molecule has 1 aliphatic heterocycles. The van der Waals surface area contributed by atoms with Crippen LogP contribution in [0.4, 0.5) is 4.79 Å². The highest BCUT2D eigenvalue weighted by atomic mass is 16.2. The number of carbonyl (C=O) groups is 3. The third-order valence-electron chi connectivity index (χ3n) is 1.23. The van der Waals surface area contributed by atoms with Gasteiger partial charge >= 0.3 is 6.03 Å². The fraction of sp³-hybridized carbons (Fsp3) is 0. The highest BCUT2D eigenvalue weighted by molar-refractivity contribution is 6.28. The summed E-state index contributed by atoms with van der Waals surface area (Å²) in [6.45, 7) is 3.32. The van der Waals surface area contributed by atoms with Crippen LogP contribution < -0.4 is 10.6 Å². The lowest BCUT2D eigenvalue weighted by atomic mass is 10.2. The molecular formula is C7H6N2O3. The van der Waals surface area contributed by atoms with E-state index in [0.717, 1.165) is 0 Å². The molecule has 1 saturated heterocycles. The zero-order valence-electron chi connectivity index (χ0n) is 6.09. The molecule has 62 valence electrons. The molecule has 4 amide bonds. The Labute approximate surface area is 68.1 Å². The van der Waals surface area contributed by atoms with Gasteiger partial charge in [0.25, 0.3) is 11.8 Å². The first kappa shape index (κ1) is 8.19. The van der Waals surface area contributed by atoms with E-state index in [1.165, 1.54) is 12.2 Å². The van der Waals surface area contributed by atoms with Crippen molar-refractivity contribution in [2.75, 3.05) is 0 Å². The van der Waals surface area contributed by atoms with Crippen LogP contribution in [0, 0.1) is 0 Å². The Morgan fingerprint density at radius 2 is 1.58 bits per heavy atom. The molecule has 1 fully saturated rings. The number of carbonyl (C=O) groups excluding carboxylic acids is 3. The van der Waals surface area contributed by atoms with Crippen LogP contribution >= 0.6 is 0 Å². The normalized spacial score (nSPS) is 16.7. The van der Waals surface area contributed by atoms with E-state index in [2.05, 4.69) is 6.58 Å². The zero-order valence-corrected chi connectivity index (χ0v) is 6.09. The highest BCUT2D eigenvalue weighted by Crippen LogP contribution is 1.99. The second-order valence-corrected chi connectivity index (χ2v) is 2.05. The van der Waals surface area contributed by atoms with Gasteiger partial charge in [-0.15, -0.1) is 0 Å².